The summed E-state index contributed by atoms with van der Waals surface area (Å²) in [6.07, 6.45) is 3.93. The van der Waals surface area contributed by atoms with Gasteiger partial charge in [0.2, 0.25) is 0 Å². The summed E-state index contributed by atoms with van der Waals surface area (Å²) in [7, 11) is -3.28. The van der Waals surface area contributed by atoms with Crippen LogP contribution < -0.4 is 0 Å². The van der Waals surface area contributed by atoms with Crippen LogP contribution in [0.1, 0.15) is 25.0 Å². The van der Waals surface area contributed by atoms with Crippen molar-refractivity contribution in [1.82, 2.24) is 0 Å². The van der Waals surface area contributed by atoms with Crippen molar-refractivity contribution in [2.24, 2.45) is 0 Å². The lowest BCUT2D eigenvalue weighted by molar-refractivity contribution is 0.229. The molecule has 0 aliphatic carbocycles. The largest absolute Gasteiger partial charge is 0.354 e. The van der Waals surface area contributed by atoms with Crippen molar-refractivity contribution in [1.29, 1.82) is 0 Å². The van der Waals surface area contributed by atoms with Gasteiger partial charge in [-0.15, -0.1) is 0 Å². The van der Waals surface area contributed by atoms with Gasteiger partial charge < -0.3 is 9.05 Å². The average Bonchev–Trinajstić information content (AvgIpc) is 2.61. The van der Waals surface area contributed by atoms with Crippen LogP contribution in [0.2, 0.25) is 0 Å². The fourth-order valence-corrected chi connectivity index (χ4v) is 3.76. The smallest absolute Gasteiger partial charge is 0.306 e. The zero-order chi connectivity index (χ0) is 17.3. The molecule has 0 aliphatic heterocycles. The Morgan fingerprint density at radius 1 is 0.917 bits per heavy atom. The first kappa shape index (κ1) is 18.4. The molecule has 24 heavy (non-hydrogen) atoms. The summed E-state index contributed by atoms with van der Waals surface area (Å²) in [5.74, 6) is 1.61. The van der Waals surface area contributed by atoms with E-state index in [9.17, 15) is 4.57 Å². The summed E-state index contributed by atoms with van der Waals surface area (Å²) in [5.41, 5.74) is 2.84. The molecule has 0 bridgehead atoms. The van der Waals surface area contributed by atoms with E-state index in [4.69, 9.17) is 9.05 Å². The molecule has 0 spiro atoms. The first-order valence-electron chi connectivity index (χ1n) is 8.07. The highest BCUT2D eigenvalue weighted by molar-refractivity contribution is 7.57. The predicted octanol–water partition coefficient (Wildman–Crippen LogP) is 6.01. The lowest BCUT2D eigenvalue weighted by Gasteiger charge is -2.14. The Morgan fingerprint density at radius 2 is 1.46 bits per heavy atom. The van der Waals surface area contributed by atoms with Gasteiger partial charge in [-0.25, -0.2) is 0 Å². The Hall–Kier alpha value is -1.93. The van der Waals surface area contributed by atoms with Crippen molar-refractivity contribution < 1.29 is 13.6 Å². The lowest BCUT2D eigenvalue weighted by atomic mass is 10.1. The van der Waals surface area contributed by atoms with Crippen LogP contribution in [0.5, 0.6) is 0 Å². The second-order valence-corrected chi connectivity index (χ2v) is 6.92. The summed E-state index contributed by atoms with van der Waals surface area (Å²) < 4.78 is 23.6. The van der Waals surface area contributed by atoms with Crippen LogP contribution in [-0.4, -0.2) is 13.2 Å². The standard InChI is InChI=1S/C20H23O3P/c1-3-22-24(21,23-4-2)17-20(19-13-9-6-10-14-19)16-15-18-11-7-5-8-12-18/h5-17H,3-4H2,1-2H3/b16-15+,20-17-. The Balaban J connectivity index is 2.41. The molecule has 0 atom stereocenters. The van der Waals surface area contributed by atoms with E-state index < -0.39 is 7.60 Å². The summed E-state index contributed by atoms with van der Waals surface area (Å²) in [5, 5.41) is 0. The molecule has 2 aromatic rings. The summed E-state index contributed by atoms with van der Waals surface area (Å²) in [6, 6.07) is 19.8. The highest BCUT2D eigenvalue weighted by atomic mass is 31.2. The minimum Gasteiger partial charge on any atom is -0.306 e. The molecule has 0 radical (unpaired) electrons. The summed E-state index contributed by atoms with van der Waals surface area (Å²) in [6.45, 7) is 4.28. The normalized spacial score (nSPS) is 12.7. The molecular weight excluding hydrogens is 319 g/mol. The minimum atomic E-state index is -3.28. The van der Waals surface area contributed by atoms with E-state index in [0.717, 1.165) is 16.7 Å². The van der Waals surface area contributed by atoms with Gasteiger partial charge in [0.15, 0.2) is 0 Å². The molecule has 126 valence electrons. The molecule has 0 aromatic heterocycles. The van der Waals surface area contributed by atoms with E-state index in [2.05, 4.69) is 0 Å². The van der Waals surface area contributed by atoms with Gasteiger partial charge in [0.1, 0.15) is 0 Å². The first-order valence-corrected chi connectivity index (χ1v) is 9.68. The zero-order valence-electron chi connectivity index (χ0n) is 14.1. The molecular formula is C20H23O3P. The second kappa shape index (κ2) is 9.39. The van der Waals surface area contributed by atoms with Crippen molar-refractivity contribution >= 4 is 19.2 Å². The maximum Gasteiger partial charge on any atom is 0.354 e. The highest BCUT2D eigenvalue weighted by Crippen LogP contribution is 2.51. The second-order valence-electron chi connectivity index (χ2n) is 5.07. The third-order valence-corrected chi connectivity index (χ3v) is 5.11. The van der Waals surface area contributed by atoms with E-state index in [-0.39, 0.29) is 0 Å². The summed E-state index contributed by atoms with van der Waals surface area (Å²) in [4.78, 5) is 0. The maximum atomic E-state index is 12.9. The molecule has 2 aromatic carbocycles. The Kier molecular flexibility index (Phi) is 7.20. The third kappa shape index (κ3) is 5.61. The van der Waals surface area contributed by atoms with Crippen LogP contribution in [0.15, 0.2) is 72.6 Å². The van der Waals surface area contributed by atoms with Crippen molar-refractivity contribution in [3.63, 3.8) is 0 Å². The van der Waals surface area contributed by atoms with E-state index >= 15 is 0 Å². The molecule has 0 N–H and O–H groups in total. The van der Waals surface area contributed by atoms with Crippen LogP contribution in [0.25, 0.3) is 11.6 Å². The number of hydrogen-bond acceptors (Lipinski definition) is 3. The van der Waals surface area contributed by atoms with Gasteiger partial charge in [-0.3, -0.25) is 4.57 Å². The quantitative estimate of drug-likeness (QED) is 0.435. The van der Waals surface area contributed by atoms with Gasteiger partial charge in [0, 0.05) is 5.82 Å². The lowest BCUT2D eigenvalue weighted by Crippen LogP contribution is -1.94. The topological polar surface area (TPSA) is 35.5 Å². The van der Waals surface area contributed by atoms with E-state index in [1.54, 1.807) is 5.82 Å². The maximum absolute atomic E-state index is 12.9. The molecule has 4 heteroatoms. The fourth-order valence-electron chi connectivity index (χ4n) is 2.24. The Labute approximate surface area is 144 Å². The average molecular weight is 342 g/mol. The van der Waals surface area contributed by atoms with E-state index in [1.807, 2.05) is 86.7 Å². The molecule has 0 saturated carbocycles. The molecule has 0 unspecified atom stereocenters. The Morgan fingerprint density at radius 3 is 2.00 bits per heavy atom. The summed E-state index contributed by atoms with van der Waals surface area (Å²) >= 11 is 0. The van der Waals surface area contributed by atoms with Gasteiger partial charge in [-0.05, 0) is 30.5 Å². The first-order chi connectivity index (χ1) is 11.7. The number of benzene rings is 2. The van der Waals surface area contributed by atoms with Gasteiger partial charge in [-0.1, -0.05) is 72.8 Å². The molecule has 2 rings (SSSR count). The number of rotatable bonds is 8. The van der Waals surface area contributed by atoms with Crippen LogP contribution in [-0.2, 0) is 13.6 Å². The molecule has 0 heterocycles. The molecule has 0 aliphatic rings. The van der Waals surface area contributed by atoms with Crippen LogP contribution in [0, 0.1) is 0 Å². The van der Waals surface area contributed by atoms with Gasteiger partial charge in [0.25, 0.3) is 0 Å². The van der Waals surface area contributed by atoms with E-state index in [0.29, 0.717) is 13.2 Å². The molecule has 3 nitrogen and oxygen atoms in total. The van der Waals surface area contributed by atoms with Crippen LogP contribution >= 0.6 is 7.60 Å². The number of hydrogen-bond donors (Lipinski definition) is 0. The zero-order valence-corrected chi connectivity index (χ0v) is 15.0. The van der Waals surface area contributed by atoms with Crippen molar-refractivity contribution in [2.75, 3.05) is 13.2 Å². The molecule has 0 amide bonds. The van der Waals surface area contributed by atoms with Crippen LogP contribution in [0.4, 0.5) is 0 Å². The Bertz CT molecular complexity index is 711. The van der Waals surface area contributed by atoms with Gasteiger partial charge in [-0.2, -0.15) is 0 Å². The van der Waals surface area contributed by atoms with Crippen LogP contribution in [0.3, 0.4) is 0 Å². The SMILES string of the molecule is CCOP(=O)(/C=C(/C=C/c1ccccc1)c1ccccc1)OCC. The van der Waals surface area contributed by atoms with Crippen molar-refractivity contribution in [2.45, 2.75) is 13.8 Å². The number of allylic oxidation sites excluding steroid dienone is 2. The highest BCUT2D eigenvalue weighted by Gasteiger charge is 2.21. The van der Waals surface area contributed by atoms with Crippen molar-refractivity contribution in [3.8, 4) is 0 Å². The monoisotopic (exact) mass is 342 g/mol. The van der Waals surface area contributed by atoms with E-state index in [1.165, 1.54) is 0 Å². The molecule has 0 fully saturated rings. The minimum absolute atomic E-state index is 0.332. The third-order valence-electron chi connectivity index (χ3n) is 3.28. The fraction of sp³-hybridized carbons (Fsp3) is 0.200. The van der Waals surface area contributed by atoms with Gasteiger partial charge >= 0.3 is 7.60 Å². The van der Waals surface area contributed by atoms with Crippen molar-refractivity contribution in [3.05, 3.63) is 83.7 Å². The predicted molar refractivity (Wildman–Crippen MR) is 101 cm³/mol. The van der Waals surface area contributed by atoms with Gasteiger partial charge in [0.05, 0.1) is 13.2 Å². The molecule has 0 saturated heterocycles.